The number of fused-ring (bicyclic) bond motifs is 1. The van der Waals surface area contributed by atoms with Crippen molar-refractivity contribution >= 4 is 28.2 Å². The van der Waals surface area contributed by atoms with E-state index in [0.717, 1.165) is 23.0 Å². The van der Waals surface area contributed by atoms with Crippen LogP contribution in [0.15, 0.2) is 42.9 Å². The summed E-state index contributed by atoms with van der Waals surface area (Å²) in [4.78, 5) is 19.2. The van der Waals surface area contributed by atoms with E-state index < -0.39 is 11.6 Å². The van der Waals surface area contributed by atoms with Crippen LogP contribution in [0.3, 0.4) is 0 Å². The number of hydrogen-bond donors (Lipinski definition) is 2. The molecule has 0 atom stereocenters. The maximum absolute atomic E-state index is 15.3. The van der Waals surface area contributed by atoms with Gasteiger partial charge in [-0.25, -0.2) is 0 Å². The van der Waals surface area contributed by atoms with Crippen LogP contribution in [0.1, 0.15) is 26.7 Å². The monoisotopic (exact) mass is 510 g/mol. The summed E-state index contributed by atoms with van der Waals surface area (Å²) in [7, 11) is 0. The Morgan fingerprint density at radius 2 is 2.10 bits per heavy atom. The fraction of sp³-hybridized carbons (Fsp3) is 0.429. The third-order valence-electron chi connectivity index (χ3n) is 5.28. The first kappa shape index (κ1) is 20.3. The molecule has 0 bridgehead atoms. The van der Waals surface area contributed by atoms with Crippen LogP contribution in [0, 0.1) is 5.92 Å². The molecule has 6 nitrogen and oxygen atoms in total. The second-order valence-corrected chi connectivity index (χ2v) is 10.2. The minimum atomic E-state index is -1.83. The number of nitrogens with one attached hydrogen (secondary N) is 2. The number of anilines is 2. The number of carbonyl (C=O) groups excluding carboxylic acids is 1. The quantitative estimate of drug-likeness (QED) is 0.452. The van der Waals surface area contributed by atoms with Crippen LogP contribution in [-0.4, -0.2) is 41.1 Å². The van der Waals surface area contributed by atoms with Gasteiger partial charge in [-0.05, 0) is 5.92 Å². The van der Waals surface area contributed by atoms with Gasteiger partial charge in [0.05, 0.1) is 0 Å². The van der Waals surface area contributed by atoms with E-state index in [4.69, 9.17) is 0 Å². The number of alkyl halides is 1. The van der Waals surface area contributed by atoms with Crippen molar-refractivity contribution in [2.75, 3.05) is 28.1 Å². The molecule has 2 aliphatic heterocycles. The average Bonchev–Trinajstić information content (AvgIpc) is 3.24. The van der Waals surface area contributed by atoms with Gasteiger partial charge in [-0.15, -0.1) is 0 Å². The van der Waals surface area contributed by atoms with Crippen molar-refractivity contribution in [3.05, 3.63) is 42.9 Å². The van der Waals surface area contributed by atoms with Crippen molar-refractivity contribution in [2.24, 2.45) is 5.92 Å². The zero-order valence-electron chi connectivity index (χ0n) is 16.7. The van der Waals surface area contributed by atoms with Gasteiger partial charge in [0, 0.05) is 6.54 Å². The molecule has 3 heterocycles. The van der Waals surface area contributed by atoms with E-state index in [1.165, 1.54) is 0 Å². The van der Waals surface area contributed by atoms with Gasteiger partial charge in [0.15, 0.2) is 0 Å². The number of amides is 1. The summed E-state index contributed by atoms with van der Waals surface area (Å²) in [5.74, 6) is 0.352. The topological polar surface area (TPSA) is 60.5 Å². The van der Waals surface area contributed by atoms with E-state index in [9.17, 15) is 4.79 Å². The van der Waals surface area contributed by atoms with Crippen LogP contribution < -0.4 is 33.7 Å². The second-order valence-electron chi connectivity index (χ2n) is 8.04. The zero-order chi connectivity index (χ0) is 20.4. The summed E-state index contributed by atoms with van der Waals surface area (Å²) in [6, 6.07) is 7.96. The molecule has 0 spiro atoms. The molecule has 0 radical (unpaired) electrons. The molecule has 4 rings (SSSR count). The van der Waals surface area contributed by atoms with Crippen LogP contribution in [0.25, 0.3) is 10.8 Å². The number of nitrogens with zero attached hydrogens (tertiary/aromatic N) is 3. The van der Waals surface area contributed by atoms with Gasteiger partial charge in [-0.1, -0.05) is 13.8 Å². The van der Waals surface area contributed by atoms with Gasteiger partial charge in [-0.3, -0.25) is 0 Å². The van der Waals surface area contributed by atoms with E-state index in [1.807, 2.05) is 24.5 Å². The molecule has 2 N–H and O–H groups in total. The van der Waals surface area contributed by atoms with Crippen molar-refractivity contribution in [3.8, 4) is 0 Å². The number of halogens is 2. The van der Waals surface area contributed by atoms with E-state index in [2.05, 4.69) is 47.8 Å². The number of aromatic nitrogens is 1. The summed E-state index contributed by atoms with van der Waals surface area (Å²) in [6.45, 7) is 6.46. The first-order valence-electron chi connectivity index (χ1n) is 9.91. The van der Waals surface area contributed by atoms with E-state index in [-0.39, 0.29) is 34.6 Å². The van der Waals surface area contributed by atoms with Gasteiger partial charge in [0.2, 0.25) is 0 Å². The Balaban J connectivity index is 1.45. The molecule has 156 valence electrons. The molecule has 2 aromatic rings. The molecule has 1 aromatic carbocycles. The van der Waals surface area contributed by atoms with Crippen LogP contribution >= 0.6 is 0 Å². The number of benzene rings is 1. The standard InChI is InChI=1S/C21H26FIN5O/c1-15(2)14-27-8-5-21(22,6-9-27)20(29)26-19-12-17-11-18(28-10-7-25-23-28)4-3-16(17)13-24-19/h3-4,7,10-13,15,25H,5-6,8-9,14H2,1-2H3,(H,24,26,29)/q-1. The van der Waals surface area contributed by atoms with Crippen LogP contribution in [-0.2, 0) is 4.79 Å². The van der Waals surface area contributed by atoms with Crippen LogP contribution in [0.2, 0.25) is 0 Å². The third kappa shape index (κ3) is 4.63. The molecular formula is C21H26FIN5O-. The van der Waals surface area contributed by atoms with Crippen LogP contribution in [0.5, 0.6) is 0 Å². The fourth-order valence-electron chi connectivity index (χ4n) is 3.73. The Morgan fingerprint density at radius 1 is 1.31 bits per heavy atom. The maximum atomic E-state index is 15.3. The zero-order valence-corrected chi connectivity index (χ0v) is 18.8. The number of carbonyl (C=O) groups is 1. The number of hydrogen-bond acceptors (Lipinski definition) is 5. The van der Waals surface area contributed by atoms with Crippen molar-refractivity contribution in [2.45, 2.75) is 32.4 Å². The Labute approximate surface area is 181 Å². The molecule has 0 saturated carbocycles. The van der Waals surface area contributed by atoms with Gasteiger partial charge >= 0.3 is 155 Å². The summed E-state index contributed by atoms with van der Waals surface area (Å²) >= 11 is -0.274. The van der Waals surface area contributed by atoms with Gasteiger partial charge < -0.3 is 0 Å². The number of rotatable bonds is 5. The van der Waals surface area contributed by atoms with Crippen LogP contribution in [0.4, 0.5) is 15.9 Å². The summed E-state index contributed by atoms with van der Waals surface area (Å²) in [5.41, 5.74) is -0.739. The normalized spacial score (nSPS) is 19.2. The molecule has 29 heavy (non-hydrogen) atoms. The first-order valence-corrected chi connectivity index (χ1v) is 12.0. The molecule has 1 amide bonds. The number of pyridine rings is 1. The summed E-state index contributed by atoms with van der Waals surface area (Å²) < 4.78 is 20.7. The summed E-state index contributed by atoms with van der Waals surface area (Å²) in [5, 5.41) is 4.67. The SMILES string of the molecule is CC(C)CN1CCC(F)(C(=O)Nc2cc3cc(N4C=CN[I-]4)ccc3cn2)CC1. The number of likely N-dealkylation sites (tertiary alicyclic amines) is 1. The third-order valence-corrected chi connectivity index (χ3v) is 7.32. The van der Waals surface area contributed by atoms with Crippen molar-refractivity contribution in [1.82, 2.24) is 13.4 Å². The second kappa shape index (κ2) is 8.43. The predicted octanol–water partition coefficient (Wildman–Crippen LogP) is 0.433. The molecule has 1 saturated heterocycles. The van der Waals surface area contributed by atoms with Gasteiger partial charge in [-0.2, -0.15) is 0 Å². The van der Waals surface area contributed by atoms with Crippen molar-refractivity contribution < 1.29 is 30.9 Å². The fourth-order valence-corrected chi connectivity index (χ4v) is 5.25. The Hall–Kier alpha value is -1.94. The first-order chi connectivity index (χ1) is 13.9. The molecule has 2 aliphatic rings. The predicted molar refractivity (Wildman–Crippen MR) is 109 cm³/mol. The average molecular weight is 510 g/mol. The van der Waals surface area contributed by atoms with Gasteiger partial charge in [0.25, 0.3) is 0 Å². The molecule has 8 heteroatoms. The molecular weight excluding hydrogens is 484 g/mol. The van der Waals surface area contributed by atoms with E-state index in [1.54, 1.807) is 6.20 Å². The van der Waals surface area contributed by atoms with E-state index >= 15 is 4.39 Å². The minimum absolute atomic E-state index is 0.223. The number of piperidine rings is 1. The molecule has 0 unspecified atom stereocenters. The van der Waals surface area contributed by atoms with Crippen molar-refractivity contribution in [1.29, 1.82) is 0 Å². The molecule has 0 aliphatic carbocycles. The Kier molecular flexibility index (Phi) is 5.91. The van der Waals surface area contributed by atoms with Crippen molar-refractivity contribution in [3.63, 3.8) is 0 Å². The van der Waals surface area contributed by atoms with E-state index in [0.29, 0.717) is 24.8 Å². The summed E-state index contributed by atoms with van der Waals surface area (Å²) in [6.07, 6.45) is 6.14. The Morgan fingerprint density at radius 3 is 2.79 bits per heavy atom. The van der Waals surface area contributed by atoms with Gasteiger partial charge in [0.1, 0.15) is 0 Å². The molecule has 1 fully saturated rings. The molecule has 1 aromatic heterocycles. The Bertz CT molecular complexity index is 926.